The van der Waals surface area contributed by atoms with Crippen molar-refractivity contribution in [3.8, 4) is 0 Å². The normalized spacial score (nSPS) is 22.3. The van der Waals surface area contributed by atoms with Crippen molar-refractivity contribution in [2.75, 3.05) is 13.6 Å². The smallest absolute Gasteiger partial charge is 0.358 e. The van der Waals surface area contributed by atoms with Crippen LogP contribution in [0.4, 0.5) is 13.2 Å². The molecule has 1 fully saturated rings. The van der Waals surface area contributed by atoms with Gasteiger partial charge in [-0.1, -0.05) is 42.5 Å². The molecule has 4 rings (SSSR count). The Labute approximate surface area is 174 Å². The minimum Gasteiger partial charge on any atom is -0.358 e. The van der Waals surface area contributed by atoms with E-state index >= 15 is 0 Å². The third-order valence-corrected chi connectivity index (χ3v) is 6.24. The summed E-state index contributed by atoms with van der Waals surface area (Å²) >= 11 is 0. The predicted molar refractivity (Wildman–Crippen MR) is 109 cm³/mol. The van der Waals surface area contributed by atoms with Crippen LogP contribution in [0.25, 0.3) is 0 Å². The van der Waals surface area contributed by atoms with Crippen molar-refractivity contribution in [1.29, 1.82) is 0 Å². The molecule has 1 heterocycles. The molecule has 0 aromatic heterocycles. The molecule has 4 nitrogen and oxygen atoms in total. The van der Waals surface area contributed by atoms with Crippen LogP contribution < -0.4 is 10.6 Å². The van der Waals surface area contributed by atoms with E-state index in [2.05, 4.69) is 27.7 Å². The largest absolute Gasteiger partial charge is 0.416 e. The maximum atomic E-state index is 13.0. The molecule has 0 bridgehead atoms. The Kier molecular flexibility index (Phi) is 5.84. The summed E-state index contributed by atoms with van der Waals surface area (Å²) in [7, 11) is 1.65. The number of carbonyl (C=O) groups is 1. The minimum absolute atomic E-state index is 0.00525. The fourth-order valence-corrected chi connectivity index (χ4v) is 4.73. The third kappa shape index (κ3) is 4.37. The van der Waals surface area contributed by atoms with Crippen LogP contribution in [0.3, 0.4) is 0 Å². The lowest BCUT2D eigenvalue weighted by Crippen LogP contribution is -2.47. The van der Waals surface area contributed by atoms with E-state index in [1.54, 1.807) is 13.1 Å². The summed E-state index contributed by atoms with van der Waals surface area (Å²) in [6, 6.07) is 13.9. The van der Waals surface area contributed by atoms with Crippen LogP contribution in [0, 0.1) is 0 Å². The molecule has 0 unspecified atom stereocenters. The van der Waals surface area contributed by atoms with Gasteiger partial charge in [-0.25, -0.2) is 0 Å². The molecule has 2 aromatic rings. The van der Waals surface area contributed by atoms with Crippen molar-refractivity contribution in [3.63, 3.8) is 0 Å². The Morgan fingerprint density at radius 1 is 1.10 bits per heavy atom. The molecule has 30 heavy (non-hydrogen) atoms. The van der Waals surface area contributed by atoms with Gasteiger partial charge in [0.15, 0.2) is 0 Å². The van der Waals surface area contributed by atoms with E-state index in [0.29, 0.717) is 25.1 Å². The van der Waals surface area contributed by atoms with Crippen LogP contribution in [-0.4, -0.2) is 42.5 Å². The predicted octanol–water partition coefficient (Wildman–Crippen LogP) is 3.15. The monoisotopic (exact) mass is 417 g/mol. The number of fused-ring (bicyclic) bond motifs is 1. The lowest BCUT2D eigenvalue weighted by atomic mass is 10.1. The van der Waals surface area contributed by atoms with Gasteiger partial charge in [-0.15, -0.1) is 0 Å². The number of halogens is 3. The van der Waals surface area contributed by atoms with Gasteiger partial charge in [0.05, 0.1) is 11.6 Å². The number of hydrogen-bond acceptors (Lipinski definition) is 3. The SMILES string of the molecule is CNC(=O)[C@@H]1C[C@H](NCc2cccc(C(F)(F)F)c2)CN1C1Cc2ccccc2C1. The number of nitrogens with zero attached hydrogens (tertiary/aromatic N) is 1. The molecule has 2 aliphatic rings. The highest BCUT2D eigenvalue weighted by Gasteiger charge is 2.41. The van der Waals surface area contributed by atoms with Gasteiger partial charge in [0, 0.05) is 32.2 Å². The standard InChI is InChI=1S/C23H26F3N3O/c1-27-22(30)21-12-19(28-13-15-5-4-8-18(9-15)23(24,25)26)14-29(21)20-10-16-6-2-3-7-17(16)11-20/h2-9,19-21,28H,10-14H2,1H3,(H,27,30)/t19-,21-/m0/s1. The first kappa shape index (κ1) is 20.9. The number of alkyl halides is 3. The molecule has 2 aromatic carbocycles. The van der Waals surface area contributed by atoms with Crippen LogP contribution in [0.15, 0.2) is 48.5 Å². The quantitative estimate of drug-likeness (QED) is 0.786. The van der Waals surface area contributed by atoms with E-state index in [1.807, 2.05) is 12.1 Å². The van der Waals surface area contributed by atoms with Crippen molar-refractivity contribution in [2.24, 2.45) is 0 Å². The van der Waals surface area contributed by atoms with E-state index in [-0.39, 0.29) is 24.0 Å². The van der Waals surface area contributed by atoms with Crippen LogP contribution >= 0.6 is 0 Å². The zero-order valence-electron chi connectivity index (χ0n) is 16.9. The molecule has 1 amide bonds. The molecular weight excluding hydrogens is 391 g/mol. The van der Waals surface area contributed by atoms with Crippen LogP contribution in [0.5, 0.6) is 0 Å². The molecule has 160 valence electrons. The van der Waals surface area contributed by atoms with E-state index in [0.717, 1.165) is 18.9 Å². The van der Waals surface area contributed by atoms with Crippen molar-refractivity contribution in [2.45, 2.75) is 50.1 Å². The molecular formula is C23H26F3N3O. The topological polar surface area (TPSA) is 44.4 Å². The second-order valence-electron chi connectivity index (χ2n) is 8.17. The number of benzene rings is 2. The van der Waals surface area contributed by atoms with E-state index in [4.69, 9.17) is 0 Å². The maximum absolute atomic E-state index is 13.0. The van der Waals surface area contributed by atoms with Gasteiger partial charge in [-0.3, -0.25) is 9.69 Å². The summed E-state index contributed by atoms with van der Waals surface area (Å²) in [6.45, 7) is 1.05. The maximum Gasteiger partial charge on any atom is 0.416 e. The fraction of sp³-hybridized carbons (Fsp3) is 0.435. The summed E-state index contributed by atoms with van der Waals surface area (Å²) in [5.74, 6) is -0.00525. The molecule has 0 spiro atoms. The molecule has 2 N–H and O–H groups in total. The molecule has 0 radical (unpaired) electrons. The van der Waals surface area contributed by atoms with E-state index in [9.17, 15) is 18.0 Å². The van der Waals surface area contributed by atoms with Gasteiger partial charge in [0.1, 0.15) is 0 Å². The summed E-state index contributed by atoms with van der Waals surface area (Å²) in [4.78, 5) is 14.8. The van der Waals surface area contributed by atoms with Gasteiger partial charge in [0.2, 0.25) is 5.91 Å². The number of carbonyl (C=O) groups excluding carboxylic acids is 1. The molecule has 1 saturated heterocycles. The average Bonchev–Trinajstić information content (AvgIpc) is 3.35. The van der Waals surface area contributed by atoms with E-state index < -0.39 is 11.7 Å². The number of likely N-dealkylation sites (tertiary alicyclic amines) is 1. The summed E-state index contributed by atoms with van der Waals surface area (Å²) in [5.41, 5.74) is 2.62. The number of hydrogen-bond donors (Lipinski definition) is 2. The highest BCUT2D eigenvalue weighted by Crippen LogP contribution is 2.32. The Morgan fingerprint density at radius 3 is 2.43 bits per heavy atom. The molecule has 7 heteroatoms. The fourth-order valence-electron chi connectivity index (χ4n) is 4.73. The van der Waals surface area contributed by atoms with Gasteiger partial charge in [-0.05, 0) is 42.0 Å². The second-order valence-corrected chi connectivity index (χ2v) is 8.17. The van der Waals surface area contributed by atoms with Crippen molar-refractivity contribution in [1.82, 2.24) is 15.5 Å². The number of rotatable bonds is 5. The number of likely N-dealkylation sites (N-methyl/N-ethyl adjacent to an activating group) is 1. The first-order valence-electron chi connectivity index (χ1n) is 10.3. The zero-order valence-corrected chi connectivity index (χ0v) is 16.9. The summed E-state index contributed by atoms with van der Waals surface area (Å²) in [5, 5.41) is 6.14. The van der Waals surface area contributed by atoms with Crippen LogP contribution in [0.2, 0.25) is 0 Å². The van der Waals surface area contributed by atoms with E-state index in [1.165, 1.54) is 23.3 Å². The third-order valence-electron chi connectivity index (χ3n) is 6.24. The van der Waals surface area contributed by atoms with Crippen LogP contribution in [-0.2, 0) is 30.4 Å². The first-order valence-corrected chi connectivity index (χ1v) is 10.3. The van der Waals surface area contributed by atoms with Gasteiger partial charge >= 0.3 is 6.18 Å². The van der Waals surface area contributed by atoms with Crippen molar-refractivity contribution >= 4 is 5.91 Å². The summed E-state index contributed by atoms with van der Waals surface area (Å²) < 4.78 is 38.9. The van der Waals surface area contributed by atoms with Crippen molar-refractivity contribution < 1.29 is 18.0 Å². The molecule has 1 aliphatic heterocycles. The highest BCUT2D eigenvalue weighted by atomic mass is 19.4. The molecule has 2 atom stereocenters. The Balaban J connectivity index is 1.43. The summed E-state index contributed by atoms with van der Waals surface area (Å²) in [6.07, 6.45) is -1.86. The second kappa shape index (κ2) is 8.40. The first-order chi connectivity index (χ1) is 14.3. The lowest BCUT2D eigenvalue weighted by Gasteiger charge is -2.29. The Morgan fingerprint density at radius 2 is 1.80 bits per heavy atom. The molecule has 0 saturated carbocycles. The van der Waals surface area contributed by atoms with Crippen LogP contribution in [0.1, 0.15) is 28.7 Å². The average molecular weight is 417 g/mol. The number of nitrogens with one attached hydrogen (secondary N) is 2. The molecule has 1 aliphatic carbocycles. The number of amides is 1. The zero-order chi connectivity index (χ0) is 21.3. The highest BCUT2D eigenvalue weighted by molar-refractivity contribution is 5.82. The van der Waals surface area contributed by atoms with Gasteiger partial charge < -0.3 is 10.6 Å². The lowest BCUT2D eigenvalue weighted by molar-refractivity contribution is -0.137. The van der Waals surface area contributed by atoms with Crippen molar-refractivity contribution in [3.05, 3.63) is 70.8 Å². The Bertz CT molecular complexity index is 890. The van der Waals surface area contributed by atoms with Gasteiger partial charge in [-0.2, -0.15) is 13.2 Å². The van der Waals surface area contributed by atoms with Gasteiger partial charge in [0.25, 0.3) is 0 Å². The Hall–Kier alpha value is -2.38. The minimum atomic E-state index is -4.35.